The maximum absolute atomic E-state index is 12.7. The first-order chi connectivity index (χ1) is 14.1. The molecule has 0 aliphatic carbocycles. The van der Waals surface area contributed by atoms with E-state index in [1.165, 1.54) is 11.3 Å². The number of benzene rings is 1. The van der Waals surface area contributed by atoms with E-state index in [9.17, 15) is 9.59 Å². The summed E-state index contributed by atoms with van der Waals surface area (Å²) in [7, 11) is 0. The second-order valence-electron chi connectivity index (χ2n) is 6.60. The third-order valence-corrected chi connectivity index (χ3v) is 5.86. The van der Waals surface area contributed by atoms with E-state index >= 15 is 0 Å². The summed E-state index contributed by atoms with van der Waals surface area (Å²) in [4.78, 5) is 28.1. The Hall–Kier alpha value is -2.00. The van der Waals surface area contributed by atoms with Crippen LogP contribution in [0.2, 0.25) is 0 Å². The highest BCUT2D eigenvalue weighted by molar-refractivity contribution is 9.10. The first kappa shape index (κ1) is 21.7. The van der Waals surface area contributed by atoms with Gasteiger partial charge in [0.1, 0.15) is 5.70 Å². The molecule has 0 saturated carbocycles. The lowest BCUT2D eigenvalue weighted by Crippen LogP contribution is -2.39. The fourth-order valence-electron chi connectivity index (χ4n) is 2.90. The van der Waals surface area contributed by atoms with Gasteiger partial charge in [0.2, 0.25) is 0 Å². The maximum Gasteiger partial charge on any atom is 0.267 e. The van der Waals surface area contributed by atoms with Crippen molar-refractivity contribution < 1.29 is 14.3 Å². The summed E-state index contributed by atoms with van der Waals surface area (Å²) in [5, 5.41) is 7.51. The van der Waals surface area contributed by atoms with Gasteiger partial charge in [-0.3, -0.25) is 14.5 Å². The number of halogens is 1. The van der Waals surface area contributed by atoms with Gasteiger partial charge >= 0.3 is 0 Å². The molecular weight excluding hydrogens is 454 g/mol. The Morgan fingerprint density at radius 3 is 2.62 bits per heavy atom. The molecule has 1 saturated heterocycles. The number of nitrogens with zero attached hydrogens (tertiary/aromatic N) is 1. The fourth-order valence-corrected chi connectivity index (χ4v) is 3.78. The van der Waals surface area contributed by atoms with Gasteiger partial charge in [-0.2, -0.15) is 0 Å². The number of hydrogen-bond donors (Lipinski definition) is 2. The molecule has 0 spiro atoms. The van der Waals surface area contributed by atoms with Crippen LogP contribution in [0.3, 0.4) is 0 Å². The second kappa shape index (κ2) is 11.3. The van der Waals surface area contributed by atoms with Crippen molar-refractivity contribution in [1.82, 2.24) is 15.5 Å². The topological polar surface area (TPSA) is 70.7 Å². The van der Waals surface area contributed by atoms with Crippen LogP contribution in [0.5, 0.6) is 0 Å². The van der Waals surface area contributed by atoms with Crippen LogP contribution < -0.4 is 10.6 Å². The highest BCUT2D eigenvalue weighted by Gasteiger charge is 2.15. The number of carbonyl (C=O) groups is 2. The highest BCUT2D eigenvalue weighted by atomic mass is 79.9. The molecule has 1 aliphatic heterocycles. The molecule has 0 unspecified atom stereocenters. The van der Waals surface area contributed by atoms with Crippen molar-refractivity contribution >= 4 is 45.2 Å². The monoisotopic (exact) mass is 477 g/mol. The second-order valence-corrected chi connectivity index (χ2v) is 8.47. The first-order valence-corrected chi connectivity index (χ1v) is 11.2. The van der Waals surface area contributed by atoms with Crippen LogP contribution in [0.1, 0.15) is 21.7 Å². The van der Waals surface area contributed by atoms with Crippen LogP contribution in [0.15, 0.2) is 51.9 Å². The zero-order valence-corrected chi connectivity index (χ0v) is 18.4. The molecule has 8 heteroatoms. The van der Waals surface area contributed by atoms with E-state index in [1.54, 1.807) is 12.1 Å². The number of amides is 2. The van der Waals surface area contributed by atoms with E-state index in [4.69, 9.17) is 4.74 Å². The summed E-state index contributed by atoms with van der Waals surface area (Å²) in [5.74, 6) is -0.577. The lowest BCUT2D eigenvalue weighted by molar-refractivity contribution is -0.117. The normalized spacial score (nSPS) is 15.1. The first-order valence-electron chi connectivity index (χ1n) is 9.52. The van der Waals surface area contributed by atoms with E-state index in [0.717, 1.165) is 49.3 Å². The lowest BCUT2D eigenvalue weighted by atomic mass is 10.2. The summed E-state index contributed by atoms with van der Waals surface area (Å²) >= 11 is 4.74. The van der Waals surface area contributed by atoms with Gasteiger partial charge in [0.15, 0.2) is 0 Å². The van der Waals surface area contributed by atoms with Crippen molar-refractivity contribution in [3.8, 4) is 0 Å². The zero-order chi connectivity index (χ0) is 20.5. The van der Waals surface area contributed by atoms with E-state index in [-0.39, 0.29) is 17.5 Å². The smallest absolute Gasteiger partial charge is 0.267 e. The molecule has 6 nitrogen and oxygen atoms in total. The number of ether oxygens (including phenoxy) is 1. The van der Waals surface area contributed by atoms with Crippen molar-refractivity contribution in [2.45, 2.75) is 6.42 Å². The van der Waals surface area contributed by atoms with Gasteiger partial charge in [-0.25, -0.2) is 0 Å². The Bertz CT molecular complexity index is 831. The third-order valence-electron chi connectivity index (χ3n) is 4.46. The predicted octanol–water partition coefficient (Wildman–Crippen LogP) is 3.12. The molecule has 1 fully saturated rings. The Labute approximate surface area is 183 Å². The van der Waals surface area contributed by atoms with Crippen LogP contribution in [-0.4, -0.2) is 56.1 Å². The Balaban J connectivity index is 1.60. The van der Waals surface area contributed by atoms with Gasteiger partial charge in [-0.15, -0.1) is 11.3 Å². The summed E-state index contributed by atoms with van der Waals surface area (Å²) in [6.45, 7) is 4.85. The molecule has 0 radical (unpaired) electrons. The van der Waals surface area contributed by atoms with Gasteiger partial charge in [0, 0.05) is 24.1 Å². The summed E-state index contributed by atoms with van der Waals surface area (Å²) in [6.07, 6.45) is 2.53. The minimum absolute atomic E-state index is 0.233. The standard InChI is InChI=1S/C21H24BrN3O3S/c22-17-6-4-16(5-7-17)15-18(24-21(27)19-3-1-14-29-19)20(26)23-8-2-9-25-10-12-28-13-11-25/h1,3-7,14-15H,2,8-13H2,(H,23,26)(H,24,27). The SMILES string of the molecule is O=C(NCCCN1CCOCC1)C(=Cc1ccc(Br)cc1)NC(=O)c1cccs1. The molecule has 2 N–H and O–H groups in total. The van der Waals surface area contributed by atoms with Gasteiger partial charge < -0.3 is 15.4 Å². The Morgan fingerprint density at radius 2 is 1.93 bits per heavy atom. The van der Waals surface area contributed by atoms with Crippen LogP contribution in [0.25, 0.3) is 6.08 Å². The van der Waals surface area contributed by atoms with Crippen LogP contribution in [-0.2, 0) is 9.53 Å². The van der Waals surface area contributed by atoms with E-state index < -0.39 is 0 Å². The molecule has 154 valence electrons. The van der Waals surface area contributed by atoms with Crippen molar-refractivity contribution in [2.75, 3.05) is 39.4 Å². The number of carbonyl (C=O) groups excluding carboxylic acids is 2. The number of thiophene rings is 1. The molecule has 29 heavy (non-hydrogen) atoms. The average molecular weight is 478 g/mol. The molecule has 1 aliphatic rings. The van der Waals surface area contributed by atoms with Crippen LogP contribution in [0.4, 0.5) is 0 Å². The molecule has 2 aromatic rings. The van der Waals surface area contributed by atoms with Crippen LogP contribution >= 0.6 is 27.3 Å². The average Bonchev–Trinajstić information content (AvgIpc) is 3.28. The van der Waals surface area contributed by atoms with Crippen molar-refractivity contribution in [3.63, 3.8) is 0 Å². The Morgan fingerprint density at radius 1 is 1.17 bits per heavy atom. The molecule has 2 heterocycles. The van der Waals surface area contributed by atoms with E-state index in [0.29, 0.717) is 11.4 Å². The Kier molecular flexibility index (Phi) is 8.42. The predicted molar refractivity (Wildman–Crippen MR) is 119 cm³/mol. The molecule has 0 bridgehead atoms. The summed E-state index contributed by atoms with van der Waals surface area (Å²) in [6, 6.07) is 11.1. The number of morpholine rings is 1. The van der Waals surface area contributed by atoms with Gasteiger partial charge in [0.05, 0.1) is 18.1 Å². The van der Waals surface area contributed by atoms with Gasteiger partial charge in [-0.05, 0) is 48.2 Å². The summed E-state index contributed by atoms with van der Waals surface area (Å²) in [5.41, 5.74) is 1.07. The number of rotatable bonds is 8. The van der Waals surface area contributed by atoms with Crippen molar-refractivity contribution in [2.24, 2.45) is 0 Å². The molecule has 0 atom stereocenters. The zero-order valence-electron chi connectivity index (χ0n) is 16.0. The lowest BCUT2D eigenvalue weighted by Gasteiger charge is -2.26. The number of nitrogens with one attached hydrogen (secondary N) is 2. The highest BCUT2D eigenvalue weighted by Crippen LogP contribution is 2.14. The van der Waals surface area contributed by atoms with E-state index in [1.807, 2.05) is 35.7 Å². The quantitative estimate of drug-likeness (QED) is 0.452. The minimum atomic E-state index is -0.292. The largest absolute Gasteiger partial charge is 0.379 e. The van der Waals surface area contributed by atoms with Gasteiger partial charge in [0.25, 0.3) is 11.8 Å². The molecule has 3 rings (SSSR count). The summed E-state index contributed by atoms with van der Waals surface area (Å²) < 4.78 is 6.30. The maximum atomic E-state index is 12.7. The van der Waals surface area contributed by atoms with E-state index in [2.05, 4.69) is 31.5 Å². The third kappa shape index (κ3) is 7.08. The molecular formula is C21H24BrN3O3S. The minimum Gasteiger partial charge on any atom is -0.379 e. The van der Waals surface area contributed by atoms with Crippen molar-refractivity contribution in [3.05, 3.63) is 62.4 Å². The fraction of sp³-hybridized carbons (Fsp3) is 0.333. The number of hydrogen-bond acceptors (Lipinski definition) is 5. The molecule has 2 amide bonds. The van der Waals surface area contributed by atoms with Gasteiger partial charge in [-0.1, -0.05) is 34.1 Å². The molecule has 1 aromatic heterocycles. The van der Waals surface area contributed by atoms with Crippen molar-refractivity contribution in [1.29, 1.82) is 0 Å². The van der Waals surface area contributed by atoms with Crippen LogP contribution in [0, 0.1) is 0 Å². The molecule has 1 aromatic carbocycles.